The molecule has 3 rings (SSSR count). The number of rotatable bonds is 3. The quantitative estimate of drug-likeness (QED) is 0.849. The van der Waals surface area contributed by atoms with Crippen molar-refractivity contribution in [3.8, 4) is 0 Å². The third kappa shape index (κ3) is 3.32. The van der Waals surface area contributed by atoms with E-state index in [1.165, 1.54) is 27.7 Å². The summed E-state index contributed by atoms with van der Waals surface area (Å²) in [4.78, 5) is 17.3. The van der Waals surface area contributed by atoms with Gasteiger partial charge in [-0.3, -0.25) is 0 Å². The average molecular weight is 335 g/mol. The first-order valence-corrected chi connectivity index (χ1v) is 8.70. The molecule has 0 unspecified atom stereocenters. The van der Waals surface area contributed by atoms with Crippen LogP contribution in [0.5, 0.6) is 0 Å². The van der Waals surface area contributed by atoms with E-state index in [4.69, 9.17) is 16.3 Å². The molecule has 0 atom stereocenters. The van der Waals surface area contributed by atoms with Crippen LogP contribution in [0.4, 0.5) is 4.79 Å². The van der Waals surface area contributed by atoms with Gasteiger partial charge in [-0.15, -0.1) is 11.6 Å². The number of halogens is 1. The van der Waals surface area contributed by atoms with Gasteiger partial charge < -0.3 is 14.6 Å². The Balaban J connectivity index is 1.70. The molecule has 0 aliphatic carbocycles. The Morgan fingerprint density at radius 1 is 1.35 bits per heavy atom. The van der Waals surface area contributed by atoms with Gasteiger partial charge in [0.2, 0.25) is 0 Å². The smallest absolute Gasteiger partial charge is 0.409 e. The van der Waals surface area contributed by atoms with Crippen molar-refractivity contribution in [1.82, 2.24) is 9.88 Å². The zero-order valence-corrected chi connectivity index (χ0v) is 14.4. The molecule has 1 saturated heterocycles. The standard InChI is InChI=1S/C18H23ClN2O2/c1-12-3-4-16-15(11-12)13(2)17(20-16)14-5-8-21(9-6-14)18(22)23-10-7-19/h3-4,11,14,20H,5-10H2,1-2H3. The van der Waals surface area contributed by atoms with E-state index >= 15 is 0 Å². The summed E-state index contributed by atoms with van der Waals surface area (Å²) in [7, 11) is 0. The minimum Gasteiger partial charge on any atom is -0.448 e. The Bertz CT molecular complexity index is 702. The first-order valence-electron chi connectivity index (χ1n) is 8.16. The lowest BCUT2D eigenvalue weighted by Gasteiger charge is -2.31. The van der Waals surface area contributed by atoms with E-state index in [1.54, 1.807) is 4.90 Å². The van der Waals surface area contributed by atoms with Gasteiger partial charge in [0.25, 0.3) is 0 Å². The summed E-state index contributed by atoms with van der Waals surface area (Å²) < 4.78 is 5.10. The summed E-state index contributed by atoms with van der Waals surface area (Å²) in [5, 5.41) is 1.31. The van der Waals surface area contributed by atoms with Crippen molar-refractivity contribution in [2.75, 3.05) is 25.6 Å². The van der Waals surface area contributed by atoms with Crippen LogP contribution in [-0.2, 0) is 4.74 Å². The number of H-pyrrole nitrogens is 1. The number of aromatic amines is 1. The highest BCUT2D eigenvalue weighted by molar-refractivity contribution is 6.18. The fourth-order valence-electron chi connectivity index (χ4n) is 3.44. The van der Waals surface area contributed by atoms with Crippen LogP contribution in [0, 0.1) is 13.8 Å². The predicted octanol–water partition coefficient (Wildman–Crippen LogP) is 4.34. The van der Waals surface area contributed by atoms with Gasteiger partial charge in [0.15, 0.2) is 0 Å². The molecule has 1 amide bonds. The van der Waals surface area contributed by atoms with Crippen LogP contribution in [-0.4, -0.2) is 41.6 Å². The topological polar surface area (TPSA) is 45.3 Å². The number of aromatic nitrogens is 1. The van der Waals surface area contributed by atoms with Crippen LogP contribution in [0.1, 0.15) is 35.6 Å². The fourth-order valence-corrected chi connectivity index (χ4v) is 3.51. The number of alkyl halides is 1. The van der Waals surface area contributed by atoms with Crippen molar-refractivity contribution in [1.29, 1.82) is 0 Å². The van der Waals surface area contributed by atoms with E-state index in [1.807, 2.05) is 0 Å². The van der Waals surface area contributed by atoms with E-state index in [-0.39, 0.29) is 12.7 Å². The molecule has 4 nitrogen and oxygen atoms in total. The number of aryl methyl sites for hydroxylation is 2. The Hall–Kier alpha value is -1.68. The Kier molecular flexibility index (Phi) is 4.81. The maximum absolute atomic E-state index is 11.9. The van der Waals surface area contributed by atoms with Crippen molar-refractivity contribution < 1.29 is 9.53 Å². The summed E-state index contributed by atoms with van der Waals surface area (Å²) in [6.45, 7) is 6.06. The van der Waals surface area contributed by atoms with Crippen LogP contribution in [0.15, 0.2) is 18.2 Å². The molecular weight excluding hydrogens is 312 g/mol. The van der Waals surface area contributed by atoms with Gasteiger partial charge in [-0.1, -0.05) is 11.6 Å². The van der Waals surface area contributed by atoms with Gasteiger partial charge in [0.1, 0.15) is 6.61 Å². The van der Waals surface area contributed by atoms with Gasteiger partial charge in [0.05, 0.1) is 5.88 Å². The van der Waals surface area contributed by atoms with E-state index < -0.39 is 0 Å². The fraction of sp³-hybridized carbons (Fsp3) is 0.500. The molecule has 0 radical (unpaired) electrons. The molecule has 2 aromatic rings. The van der Waals surface area contributed by atoms with E-state index in [2.05, 4.69) is 37.0 Å². The third-order valence-electron chi connectivity index (χ3n) is 4.72. The van der Waals surface area contributed by atoms with Crippen molar-refractivity contribution in [2.45, 2.75) is 32.6 Å². The van der Waals surface area contributed by atoms with Crippen molar-refractivity contribution >= 4 is 28.6 Å². The van der Waals surface area contributed by atoms with Gasteiger partial charge in [-0.2, -0.15) is 0 Å². The number of carbonyl (C=O) groups is 1. The molecular formula is C18H23ClN2O2. The highest BCUT2D eigenvalue weighted by atomic mass is 35.5. The van der Waals surface area contributed by atoms with Crippen LogP contribution in [0.25, 0.3) is 10.9 Å². The average Bonchev–Trinajstić information content (AvgIpc) is 2.89. The van der Waals surface area contributed by atoms with Crippen molar-refractivity contribution in [3.63, 3.8) is 0 Å². The lowest BCUT2D eigenvalue weighted by atomic mass is 9.91. The second kappa shape index (κ2) is 6.83. The number of amides is 1. The van der Waals surface area contributed by atoms with E-state index in [9.17, 15) is 4.79 Å². The number of benzene rings is 1. The first kappa shape index (κ1) is 16.2. The zero-order chi connectivity index (χ0) is 16.4. The molecule has 0 saturated carbocycles. The highest BCUT2D eigenvalue weighted by Crippen LogP contribution is 2.33. The number of nitrogens with zero attached hydrogens (tertiary/aromatic N) is 1. The monoisotopic (exact) mass is 334 g/mol. The van der Waals surface area contributed by atoms with Crippen molar-refractivity contribution in [3.05, 3.63) is 35.0 Å². The molecule has 1 fully saturated rings. The van der Waals surface area contributed by atoms with E-state index in [0.29, 0.717) is 11.8 Å². The number of ether oxygens (including phenoxy) is 1. The summed E-state index contributed by atoms with van der Waals surface area (Å²) in [5.41, 5.74) is 5.14. The molecule has 1 aliphatic rings. The molecule has 0 bridgehead atoms. The second-order valence-electron chi connectivity index (χ2n) is 6.28. The second-order valence-corrected chi connectivity index (χ2v) is 6.66. The number of likely N-dealkylation sites (tertiary alicyclic amines) is 1. The summed E-state index contributed by atoms with van der Waals surface area (Å²) in [5.74, 6) is 0.815. The minimum atomic E-state index is -0.243. The van der Waals surface area contributed by atoms with Gasteiger partial charge in [-0.05, 0) is 44.4 Å². The lowest BCUT2D eigenvalue weighted by Crippen LogP contribution is -2.38. The Morgan fingerprint density at radius 2 is 2.09 bits per heavy atom. The number of hydrogen-bond donors (Lipinski definition) is 1. The Labute approximate surface area is 141 Å². The SMILES string of the molecule is Cc1ccc2[nH]c(C3CCN(C(=O)OCCCl)CC3)c(C)c2c1. The normalized spacial score (nSPS) is 16.0. The number of fused-ring (bicyclic) bond motifs is 1. The molecule has 0 spiro atoms. The molecule has 124 valence electrons. The number of carbonyl (C=O) groups excluding carboxylic acids is 1. The van der Waals surface area contributed by atoms with Gasteiger partial charge in [0, 0.05) is 35.6 Å². The zero-order valence-electron chi connectivity index (χ0n) is 13.7. The largest absolute Gasteiger partial charge is 0.448 e. The summed E-state index contributed by atoms with van der Waals surface area (Å²) in [6, 6.07) is 6.53. The van der Waals surface area contributed by atoms with Crippen LogP contribution >= 0.6 is 11.6 Å². The lowest BCUT2D eigenvalue weighted by molar-refractivity contribution is 0.0974. The molecule has 5 heteroatoms. The highest BCUT2D eigenvalue weighted by Gasteiger charge is 2.26. The van der Waals surface area contributed by atoms with Crippen molar-refractivity contribution in [2.24, 2.45) is 0 Å². The number of nitrogens with one attached hydrogen (secondary N) is 1. The maximum atomic E-state index is 11.9. The van der Waals surface area contributed by atoms with Crippen LogP contribution in [0.2, 0.25) is 0 Å². The van der Waals surface area contributed by atoms with Crippen LogP contribution < -0.4 is 0 Å². The molecule has 23 heavy (non-hydrogen) atoms. The molecule has 1 aromatic heterocycles. The third-order valence-corrected chi connectivity index (χ3v) is 4.87. The summed E-state index contributed by atoms with van der Waals surface area (Å²) in [6.07, 6.45) is 1.68. The van der Waals surface area contributed by atoms with E-state index in [0.717, 1.165) is 25.9 Å². The molecule has 1 aromatic carbocycles. The number of hydrogen-bond acceptors (Lipinski definition) is 2. The molecule has 1 aliphatic heterocycles. The number of piperidine rings is 1. The predicted molar refractivity (Wildman–Crippen MR) is 93.4 cm³/mol. The van der Waals surface area contributed by atoms with Crippen LogP contribution in [0.3, 0.4) is 0 Å². The maximum Gasteiger partial charge on any atom is 0.409 e. The summed E-state index contributed by atoms with van der Waals surface area (Å²) >= 11 is 5.56. The molecule has 1 N–H and O–H groups in total. The Morgan fingerprint density at radius 3 is 2.78 bits per heavy atom. The first-order chi connectivity index (χ1) is 11.1. The van der Waals surface area contributed by atoms with Gasteiger partial charge in [-0.25, -0.2) is 4.79 Å². The molecule has 2 heterocycles. The van der Waals surface area contributed by atoms with Gasteiger partial charge >= 0.3 is 6.09 Å². The minimum absolute atomic E-state index is 0.243.